The smallest absolute Gasteiger partial charge is 0.115 e. The molecule has 0 aromatic carbocycles. The van der Waals surface area contributed by atoms with Crippen LogP contribution in [0.25, 0.3) is 6.08 Å². The molecule has 0 radical (unpaired) electrons. The van der Waals surface area contributed by atoms with Gasteiger partial charge in [-0.15, -0.1) is 0 Å². The summed E-state index contributed by atoms with van der Waals surface area (Å²) in [5.41, 5.74) is 2.52. The minimum absolute atomic E-state index is 1.10. The molecule has 0 N–H and O–H groups in total. The van der Waals surface area contributed by atoms with Crippen LogP contribution >= 0.6 is 22.9 Å². The van der Waals surface area contributed by atoms with Crippen molar-refractivity contribution >= 4 is 28.9 Å². The maximum absolute atomic E-state index is 4.45. The van der Waals surface area contributed by atoms with Crippen LogP contribution in [0.15, 0.2) is 6.08 Å². The molecule has 2 nitrogen and oxygen atoms in total. The number of nitrogens with zero attached hydrogens (tertiary/aromatic N) is 2. The quantitative estimate of drug-likeness (QED) is 0.655. The third-order valence-electron chi connectivity index (χ3n) is 1.91. The van der Waals surface area contributed by atoms with Gasteiger partial charge in [0.1, 0.15) is 5.82 Å². The van der Waals surface area contributed by atoms with E-state index in [0.717, 1.165) is 18.7 Å². The molecule has 11 heavy (non-hydrogen) atoms. The Balaban J connectivity index is 2.61. The number of aryl methyl sites for hydroxylation is 2. The zero-order chi connectivity index (χ0) is 7.84. The van der Waals surface area contributed by atoms with Gasteiger partial charge in [-0.1, -0.05) is 6.08 Å². The fourth-order valence-electron chi connectivity index (χ4n) is 1.34. The second-order valence-corrected chi connectivity index (χ2v) is 3.68. The molecular formula is C8H9IN2. The highest BCUT2D eigenvalue weighted by Gasteiger charge is 2.12. The van der Waals surface area contributed by atoms with Crippen LogP contribution in [0.4, 0.5) is 0 Å². The summed E-state index contributed by atoms with van der Waals surface area (Å²) in [5, 5.41) is 0. The van der Waals surface area contributed by atoms with E-state index in [2.05, 4.69) is 42.8 Å². The fourth-order valence-corrected chi connectivity index (χ4v) is 1.89. The summed E-state index contributed by atoms with van der Waals surface area (Å²) in [6.45, 7) is 2.04. The summed E-state index contributed by atoms with van der Waals surface area (Å²) in [6.07, 6.45) is 6.60. The molecule has 0 saturated carbocycles. The molecule has 3 heteroatoms. The van der Waals surface area contributed by atoms with Crippen LogP contribution in [0.2, 0.25) is 0 Å². The maximum atomic E-state index is 4.45. The van der Waals surface area contributed by atoms with E-state index in [0.29, 0.717) is 0 Å². The Labute approximate surface area is 79.8 Å². The standard InChI is InChI=1S/C8H9IN2/c1-6-10-7-4-2-3-5-8(7)11(6)9/h3,5H,2,4H2,1H3. The average Bonchev–Trinajstić information content (AvgIpc) is 2.30. The second-order valence-electron chi connectivity index (χ2n) is 2.71. The first-order valence-electron chi connectivity index (χ1n) is 3.70. The van der Waals surface area contributed by atoms with E-state index in [-0.39, 0.29) is 0 Å². The lowest BCUT2D eigenvalue weighted by Gasteiger charge is -2.02. The Morgan fingerprint density at radius 2 is 2.45 bits per heavy atom. The van der Waals surface area contributed by atoms with Crippen LogP contribution in [-0.4, -0.2) is 7.76 Å². The lowest BCUT2D eigenvalue weighted by molar-refractivity contribution is 0.938. The van der Waals surface area contributed by atoms with Crippen LogP contribution < -0.4 is 0 Å². The molecule has 0 unspecified atom stereocenters. The Bertz CT molecular complexity index is 312. The zero-order valence-electron chi connectivity index (χ0n) is 6.34. The third kappa shape index (κ3) is 1.11. The second kappa shape index (κ2) is 2.62. The summed E-state index contributed by atoms with van der Waals surface area (Å²) >= 11 is 2.29. The monoisotopic (exact) mass is 260 g/mol. The van der Waals surface area contributed by atoms with E-state index in [4.69, 9.17) is 0 Å². The van der Waals surface area contributed by atoms with Crippen molar-refractivity contribution in [3.63, 3.8) is 0 Å². The summed E-state index contributed by atoms with van der Waals surface area (Å²) in [5.74, 6) is 1.10. The predicted molar refractivity (Wildman–Crippen MR) is 53.7 cm³/mol. The molecule has 0 amide bonds. The first kappa shape index (κ1) is 7.34. The van der Waals surface area contributed by atoms with Crippen molar-refractivity contribution in [2.45, 2.75) is 19.8 Å². The van der Waals surface area contributed by atoms with Gasteiger partial charge in [-0.2, -0.15) is 0 Å². The van der Waals surface area contributed by atoms with E-state index in [1.165, 1.54) is 11.4 Å². The van der Waals surface area contributed by atoms with Crippen molar-refractivity contribution in [2.24, 2.45) is 0 Å². The highest BCUT2D eigenvalue weighted by molar-refractivity contribution is 14.1. The molecule has 0 saturated heterocycles. The Kier molecular flexibility index (Phi) is 1.75. The highest BCUT2D eigenvalue weighted by atomic mass is 127. The fraction of sp³-hybridized carbons (Fsp3) is 0.375. The van der Waals surface area contributed by atoms with E-state index in [1.807, 2.05) is 6.92 Å². The van der Waals surface area contributed by atoms with Crippen molar-refractivity contribution in [3.05, 3.63) is 23.3 Å². The predicted octanol–water partition coefficient (Wildman–Crippen LogP) is 2.35. The van der Waals surface area contributed by atoms with Gasteiger partial charge in [0.2, 0.25) is 0 Å². The van der Waals surface area contributed by atoms with Gasteiger partial charge >= 0.3 is 0 Å². The molecule has 0 spiro atoms. The zero-order valence-corrected chi connectivity index (χ0v) is 8.50. The number of aromatic nitrogens is 2. The molecule has 1 aliphatic carbocycles. The number of halogens is 1. The van der Waals surface area contributed by atoms with Crippen molar-refractivity contribution in [3.8, 4) is 0 Å². The van der Waals surface area contributed by atoms with Gasteiger partial charge in [0.05, 0.1) is 34.3 Å². The molecule has 1 heterocycles. The topological polar surface area (TPSA) is 17.8 Å². The highest BCUT2D eigenvalue weighted by Crippen LogP contribution is 2.21. The van der Waals surface area contributed by atoms with Gasteiger partial charge in [-0.05, 0) is 25.8 Å². The van der Waals surface area contributed by atoms with E-state index in [9.17, 15) is 0 Å². The third-order valence-corrected chi connectivity index (χ3v) is 3.13. The van der Waals surface area contributed by atoms with Crippen molar-refractivity contribution < 1.29 is 0 Å². The van der Waals surface area contributed by atoms with Gasteiger partial charge in [0.25, 0.3) is 0 Å². The summed E-state index contributed by atoms with van der Waals surface area (Å²) in [7, 11) is 0. The lowest BCUT2D eigenvalue weighted by atomic mass is 10.1. The molecule has 1 aliphatic rings. The molecule has 0 aliphatic heterocycles. The Morgan fingerprint density at radius 3 is 3.18 bits per heavy atom. The molecule has 0 bridgehead atoms. The van der Waals surface area contributed by atoms with Gasteiger partial charge < -0.3 is 0 Å². The minimum atomic E-state index is 1.10. The number of rotatable bonds is 0. The lowest BCUT2D eigenvalue weighted by Crippen LogP contribution is -1.93. The number of hydrogen-bond acceptors (Lipinski definition) is 1. The van der Waals surface area contributed by atoms with Crippen molar-refractivity contribution in [2.75, 3.05) is 0 Å². The molecule has 1 aromatic rings. The number of allylic oxidation sites excluding steroid dienone is 1. The number of hydrogen-bond donors (Lipinski definition) is 0. The molecular weight excluding hydrogens is 251 g/mol. The van der Waals surface area contributed by atoms with Gasteiger partial charge in [0.15, 0.2) is 0 Å². The molecule has 1 aromatic heterocycles. The first-order chi connectivity index (χ1) is 5.29. The van der Waals surface area contributed by atoms with E-state index < -0.39 is 0 Å². The Hall–Kier alpha value is -0.320. The van der Waals surface area contributed by atoms with Gasteiger partial charge in [-0.25, -0.2) is 4.98 Å². The largest absolute Gasteiger partial charge is 0.269 e. The van der Waals surface area contributed by atoms with Crippen LogP contribution in [0.1, 0.15) is 23.6 Å². The van der Waals surface area contributed by atoms with E-state index in [1.54, 1.807) is 0 Å². The SMILES string of the molecule is Cc1nc2c(n1I)C=CCC2. The van der Waals surface area contributed by atoms with Crippen molar-refractivity contribution in [1.82, 2.24) is 7.76 Å². The summed E-state index contributed by atoms with van der Waals surface area (Å²) < 4.78 is 2.11. The first-order valence-corrected chi connectivity index (χ1v) is 4.66. The molecule has 2 rings (SSSR count). The van der Waals surface area contributed by atoms with Crippen LogP contribution in [0.3, 0.4) is 0 Å². The van der Waals surface area contributed by atoms with Crippen LogP contribution in [0.5, 0.6) is 0 Å². The summed E-state index contributed by atoms with van der Waals surface area (Å²) in [6, 6.07) is 0. The normalized spacial score (nSPS) is 15.1. The van der Waals surface area contributed by atoms with Crippen LogP contribution in [-0.2, 0) is 6.42 Å². The minimum Gasteiger partial charge on any atom is -0.269 e. The molecule has 58 valence electrons. The summed E-state index contributed by atoms with van der Waals surface area (Å²) in [4.78, 5) is 4.45. The van der Waals surface area contributed by atoms with Gasteiger partial charge in [-0.3, -0.25) is 2.78 Å². The number of imidazole rings is 1. The van der Waals surface area contributed by atoms with Gasteiger partial charge in [0, 0.05) is 0 Å². The van der Waals surface area contributed by atoms with Crippen LogP contribution in [0, 0.1) is 6.92 Å². The Morgan fingerprint density at radius 1 is 1.64 bits per heavy atom. The average molecular weight is 260 g/mol. The number of fused-ring (bicyclic) bond motifs is 1. The van der Waals surface area contributed by atoms with Crippen molar-refractivity contribution in [1.29, 1.82) is 0 Å². The molecule has 0 fully saturated rings. The molecule has 0 atom stereocenters. The maximum Gasteiger partial charge on any atom is 0.115 e. The van der Waals surface area contributed by atoms with E-state index >= 15 is 0 Å².